The van der Waals surface area contributed by atoms with Crippen molar-refractivity contribution in [3.63, 3.8) is 0 Å². The standard InChI is InChI=1S/C12H10F3N3O/c13-12(14,15)11-4-2-9(6-18-11)16-5-8-1-3-10(19)7-17-8/h1-4,6-7,16,19H,5H2. The highest BCUT2D eigenvalue weighted by molar-refractivity contribution is 5.41. The predicted octanol–water partition coefficient (Wildman–Crippen LogP) is 2.81. The van der Waals surface area contributed by atoms with E-state index in [4.69, 9.17) is 5.11 Å². The molecule has 0 radical (unpaired) electrons. The Bertz CT molecular complexity index is 538. The second-order valence-corrected chi connectivity index (χ2v) is 3.79. The zero-order valence-corrected chi connectivity index (χ0v) is 9.65. The highest BCUT2D eigenvalue weighted by atomic mass is 19.4. The molecular formula is C12H10F3N3O. The van der Waals surface area contributed by atoms with Crippen LogP contribution in [0.25, 0.3) is 0 Å². The molecule has 4 nitrogen and oxygen atoms in total. The van der Waals surface area contributed by atoms with E-state index < -0.39 is 11.9 Å². The number of alkyl halides is 3. The molecule has 2 rings (SSSR count). The number of hydrogen-bond donors (Lipinski definition) is 2. The van der Waals surface area contributed by atoms with Gasteiger partial charge in [-0.2, -0.15) is 13.2 Å². The number of anilines is 1. The summed E-state index contributed by atoms with van der Waals surface area (Å²) in [6, 6.07) is 5.30. The summed E-state index contributed by atoms with van der Waals surface area (Å²) in [5.41, 5.74) is 0.182. The lowest BCUT2D eigenvalue weighted by atomic mass is 10.3. The molecule has 0 amide bonds. The number of pyridine rings is 2. The normalized spacial score (nSPS) is 11.3. The van der Waals surface area contributed by atoms with Crippen molar-refractivity contribution >= 4 is 5.69 Å². The van der Waals surface area contributed by atoms with Crippen LogP contribution in [0.2, 0.25) is 0 Å². The van der Waals surface area contributed by atoms with Gasteiger partial charge in [0.25, 0.3) is 0 Å². The van der Waals surface area contributed by atoms with E-state index in [1.807, 2.05) is 0 Å². The monoisotopic (exact) mass is 269 g/mol. The second-order valence-electron chi connectivity index (χ2n) is 3.79. The van der Waals surface area contributed by atoms with Gasteiger partial charge in [-0.1, -0.05) is 0 Å². The molecule has 0 aliphatic heterocycles. The summed E-state index contributed by atoms with van der Waals surface area (Å²) in [6.45, 7) is 0.327. The summed E-state index contributed by atoms with van der Waals surface area (Å²) in [5, 5.41) is 11.9. The van der Waals surface area contributed by atoms with Crippen molar-refractivity contribution in [2.45, 2.75) is 12.7 Å². The van der Waals surface area contributed by atoms with Crippen LogP contribution in [-0.4, -0.2) is 15.1 Å². The minimum atomic E-state index is -4.43. The van der Waals surface area contributed by atoms with E-state index in [1.165, 1.54) is 18.3 Å². The molecule has 0 spiro atoms. The number of nitrogens with one attached hydrogen (secondary N) is 1. The van der Waals surface area contributed by atoms with Gasteiger partial charge in [-0.15, -0.1) is 0 Å². The first-order valence-corrected chi connectivity index (χ1v) is 5.36. The van der Waals surface area contributed by atoms with Crippen molar-refractivity contribution in [2.75, 3.05) is 5.32 Å². The summed E-state index contributed by atoms with van der Waals surface area (Å²) >= 11 is 0. The fraction of sp³-hybridized carbons (Fsp3) is 0.167. The third-order valence-electron chi connectivity index (χ3n) is 2.34. The molecule has 0 aliphatic carbocycles. The number of halogens is 3. The lowest BCUT2D eigenvalue weighted by molar-refractivity contribution is -0.141. The summed E-state index contributed by atoms with van der Waals surface area (Å²) in [6.07, 6.45) is -2.03. The molecular weight excluding hydrogens is 259 g/mol. The molecule has 19 heavy (non-hydrogen) atoms. The molecule has 0 fully saturated rings. The lowest BCUT2D eigenvalue weighted by Crippen LogP contribution is -2.08. The Morgan fingerprint density at radius 1 is 1.05 bits per heavy atom. The average molecular weight is 269 g/mol. The van der Waals surface area contributed by atoms with Gasteiger partial charge in [0.1, 0.15) is 11.4 Å². The van der Waals surface area contributed by atoms with Gasteiger partial charge < -0.3 is 10.4 Å². The third-order valence-corrected chi connectivity index (χ3v) is 2.34. The van der Waals surface area contributed by atoms with E-state index in [0.717, 1.165) is 12.3 Å². The molecule has 0 saturated carbocycles. The largest absolute Gasteiger partial charge is 0.506 e. The molecule has 0 aromatic carbocycles. The van der Waals surface area contributed by atoms with Crippen LogP contribution < -0.4 is 5.32 Å². The number of nitrogens with zero attached hydrogens (tertiary/aromatic N) is 2. The maximum absolute atomic E-state index is 12.3. The van der Waals surface area contributed by atoms with Gasteiger partial charge in [0, 0.05) is 0 Å². The van der Waals surface area contributed by atoms with Gasteiger partial charge >= 0.3 is 6.18 Å². The van der Waals surface area contributed by atoms with E-state index >= 15 is 0 Å². The lowest BCUT2D eigenvalue weighted by Gasteiger charge is -2.08. The Balaban J connectivity index is 1.98. The van der Waals surface area contributed by atoms with E-state index in [2.05, 4.69) is 15.3 Å². The number of aromatic hydroxyl groups is 1. The Kier molecular flexibility index (Phi) is 3.55. The molecule has 2 aromatic rings. The molecule has 2 heterocycles. The number of rotatable bonds is 3. The Morgan fingerprint density at radius 2 is 1.84 bits per heavy atom. The van der Waals surface area contributed by atoms with Crippen LogP contribution in [0.5, 0.6) is 5.75 Å². The van der Waals surface area contributed by atoms with E-state index in [9.17, 15) is 13.2 Å². The highest BCUT2D eigenvalue weighted by Gasteiger charge is 2.31. The average Bonchev–Trinajstić information content (AvgIpc) is 2.37. The van der Waals surface area contributed by atoms with Crippen LogP contribution >= 0.6 is 0 Å². The van der Waals surface area contributed by atoms with Crippen LogP contribution in [-0.2, 0) is 12.7 Å². The first-order chi connectivity index (χ1) is 8.95. The molecule has 100 valence electrons. The molecule has 0 unspecified atom stereocenters. The van der Waals surface area contributed by atoms with Crippen LogP contribution in [0.3, 0.4) is 0 Å². The van der Waals surface area contributed by atoms with Gasteiger partial charge in [0.15, 0.2) is 0 Å². The van der Waals surface area contributed by atoms with Crippen molar-refractivity contribution in [2.24, 2.45) is 0 Å². The fourth-order valence-corrected chi connectivity index (χ4v) is 1.38. The van der Waals surface area contributed by atoms with Crippen LogP contribution in [0.15, 0.2) is 36.7 Å². The van der Waals surface area contributed by atoms with Gasteiger partial charge in [-0.25, -0.2) is 4.98 Å². The minimum Gasteiger partial charge on any atom is -0.506 e. The summed E-state index contributed by atoms with van der Waals surface area (Å²) in [5.74, 6) is 0.0555. The number of hydrogen-bond acceptors (Lipinski definition) is 4. The topological polar surface area (TPSA) is 58.0 Å². The molecule has 0 atom stereocenters. The zero-order chi connectivity index (χ0) is 13.9. The van der Waals surface area contributed by atoms with Crippen LogP contribution in [0.4, 0.5) is 18.9 Å². The SMILES string of the molecule is Oc1ccc(CNc2ccc(C(F)(F)F)nc2)nc1. The van der Waals surface area contributed by atoms with Crippen molar-refractivity contribution in [1.29, 1.82) is 0 Å². The molecule has 2 aromatic heterocycles. The second kappa shape index (κ2) is 5.13. The van der Waals surface area contributed by atoms with Gasteiger partial charge in [0.2, 0.25) is 0 Å². The van der Waals surface area contributed by atoms with E-state index in [-0.39, 0.29) is 5.75 Å². The quantitative estimate of drug-likeness (QED) is 0.899. The van der Waals surface area contributed by atoms with E-state index in [0.29, 0.717) is 17.9 Å². The molecule has 7 heteroatoms. The van der Waals surface area contributed by atoms with Crippen molar-refractivity contribution in [3.05, 3.63) is 48.0 Å². The van der Waals surface area contributed by atoms with Crippen molar-refractivity contribution in [1.82, 2.24) is 9.97 Å². The predicted molar refractivity (Wildman–Crippen MR) is 62.5 cm³/mol. The Hall–Kier alpha value is -2.31. The minimum absolute atomic E-state index is 0.0555. The number of aromatic nitrogens is 2. The smallest absolute Gasteiger partial charge is 0.433 e. The maximum atomic E-state index is 12.3. The molecule has 0 aliphatic rings. The molecule has 0 bridgehead atoms. The maximum Gasteiger partial charge on any atom is 0.433 e. The van der Waals surface area contributed by atoms with Crippen molar-refractivity contribution < 1.29 is 18.3 Å². The van der Waals surface area contributed by atoms with Gasteiger partial charge in [-0.3, -0.25) is 4.98 Å². The Labute approximate surface area is 106 Å². The highest BCUT2D eigenvalue weighted by Crippen LogP contribution is 2.27. The van der Waals surface area contributed by atoms with E-state index in [1.54, 1.807) is 6.07 Å². The molecule has 0 saturated heterocycles. The first-order valence-electron chi connectivity index (χ1n) is 5.36. The summed E-state index contributed by atoms with van der Waals surface area (Å²) in [7, 11) is 0. The summed E-state index contributed by atoms with van der Waals surface area (Å²) < 4.78 is 36.9. The first kappa shape index (κ1) is 13.1. The van der Waals surface area contributed by atoms with Gasteiger partial charge in [-0.05, 0) is 24.3 Å². The van der Waals surface area contributed by atoms with Gasteiger partial charge in [0.05, 0.1) is 30.3 Å². The van der Waals surface area contributed by atoms with Crippen LogP contribution in [0, 0.1) is 0 Å². The molecule has 2 N–H and O–H groups in total. The summed E-state index contributed by atoms with van der Waals surface area (Å²) in [4.78, 5) is 7.27. The fourth-order valence-electron chi connectivity index (χ4n) is 1.38. The Morgan fingerprint density at radius 3 is 2.37 bits per heavy atom. The zero-order valence-electron chi connectivity index (χ0n) is 9.65. The van der Waals surface area contributed by atoms with Crippen LogP contribution in [0.1, 0.15) is 11.4 Å². The van der Waals surface area contributed by atoms with Crippen molar-refractivity contribution in [3.8, 4) is 5.75 Å². The third kappa shape index (κ3) is 3.57.